The van der Waals surface area contributed by atoms with Crippen molar-refractivity contribution >= 4 is 20.9 Å². The Balaban J connectivity index is 2.80. The minimum atomic E-state index is -4.20. The van der Waals surface area contributed by atoms with Crippen LogP contribution in [0.25, 0.3) is 10.8 Å². The molecule has 0 amide bonds. The summed E-state index contributed by atoms with van der Waals surface area (Å²) >= 11 is 0. The van der Waals surface area contributed by atoms with Gasteiger partial charge >= 0.3 is 0 Å². The molecule has 0 spiro atoms. The van der Waals surface area contributed by atoms with Crippen molar-refractivity contribution in [1.29, 1.82) is 5.26 Å². The average molecular weight is 233 g/mol. The highest BCUT2D eigenvalue weighted by molar-refractivity contribution is 7.85. The maximum Gasteiger partial charge on any atom is 0.294 e. The summed E-state index contributed by atoms with van der Waals surface area (Å²) in [6.45, 7) is 0. The Morgan fingerprint density at radius 2 is 1.94 bits per heavy atom. The van der Waals surface area contributed by atoms with E-state index in [4.69, 9.17) is 9.81 Å². The molecule has 4 nitrogen and oxygen atoms in total. The van der Waals surface area contributed by atoms with E-state index < -0.39 is 10.1 Å². The van der Waals surface area contributed by atoms with Crippen LogP contribution >= 0.6 is 0 Å². The van der Waals surface area contributed by atoms with Gasteiger partial charge in [-0.15, -0.1) is 0 Å². The van der Waals surface area contributed by atoms with Gasteiger partial charge in [0.05, 0.1) is 16.5 Å². The molecule has 2 aromatic carbocycles. The van der Waals surface area contributed by atoms with Crippen molar-refractivity contribution in [3.63, 3.8) is 0 Å². The second kappa shape index (κ2) is 3.59. The first-order valence-corrected chi connectivity index (χ1v) is 5.87. The summed E-state index contributed by atoms with van der Waals surface area (Å²) in [6, 6.07) is 11.1. The molecular formula is C11H7NO3S. The third kappa shape index (κ3) is 1.76. The van der Waals surface area contributed by atoms with Crippen molar-refractivity contribution in [3.05, 3.63) is 42.0 Å². The number of benzene rings is 2. The van der Waals surface area contributed by atoms with Crippen LogP contribution in [-0.4, -0.2) is 13.0 Å². The summed E-state index contributed by atoms with van der Waals surface area (Å²) in [6.07, 6.45) is 0. The van der Waals surface area contributed by atoms with E-state index in [1.54, 1.807) is 18.2 Å². The van der Waals surface area contributed by atoms with E-state index >= 15 is 0 Å². The lowest BCUT2D eigenvalue weighted by molar-refractivity contribution is 0.483. The largest absolute Gasteiger partial charge is 0.294 e. The molecule has 16 heavy (non-hydrogen) atoms. The van der Waals surface area contributed by atoms with E-state index in [0.717, 1.165) is 0 Å². The lowest BCUT2D eigenvalue weighted by atomic mass is 10.1. The second-order valence-electron chi connectivity index (χ2n) is 3.28. The molecule has 80 valence electrons. The van der Waals surface area contributed by atoms with Crippen LogP contribution in [0.4, 0.5) is 0 Å². The lowest BCUT2D eigenvalue weighted by Gasteiger charge is -2.02. The van der Waals surface area contributed by atoms with Crippen LogP contribution in [0.2, 0.25) is 0 Å². The van der Waals surface area contributed by atoms with Crippen molar-refractivity contribution in [2.24, 2.45) is 0 Å². The van der Waals surface area contributed by atoms with E-state index in [9.17, 15) is 8.42 Å². The molecule has 0 saturated carbocycles. The Hall–Kier alpha value is -1.90. The lowest BCUT2D eigenvalue weighted by Crippen LogP contribution is -1.97. The van der Waals surface area contributed by atoms with E-state index in [1.165, 1.54) is 18.2 Å². The van der Waals surface area contributed by atoms with Crippen LogP contribution in [0, 0.1) is 11.3 Å². The van der Waals surface area contributed by atoms with Gasteiger partial charge in [0.1, 0.15) is 0 Å². The molecule has 2 rings (SSSR count). The molecule has 0 aliphatic heterocycles. The molecule has 0 aliphatic carbocycles. The topological polar surface area (TPSA) is 78.2 Å². The van der Waals surface area contributed by atoms with Gasteiger partial charge in [0.15, 0.2) is 0 Å². The number of nitrogens with zero attached hydrogens (tertiary/aromatic N) is 1. The zero-order valence-electron chi connectivity index (χ0n) is 8.08. The molecule has 0 atom stereocenters. The maximum absolute atomic E-state index is 10.9. The van der Waals surface area contributed by atoms with E-state index in [2.05, 4.69) is 0 Å². The summed E-state index contributed by atoms with van der Waals surface area (Å²) in [5.74, 6) is 0. The summed E-state index contributed by atoms with van der Waals surface area (Å²) in [7, 11) is -4.20. The fraction of sp³-hybridized carbons (Fsp3) is 0. The van der Waals surface area contributed by atoms with Gasteiger partial charge in [0, 0.05) is 0 Å². The highest BCUT2D eigenvalue weighted by atomic mass is 32.2. The van der Waals surface area contributed by atoms with Gasteiger partial charge in [0.2, 0.25) is 0 Å². The monoisotopic (exact) mass is 233 g/mol. The molecule has 1 N–H and O–H groups in total. The SMILES string of the molecule is N#Cc1cccc2cc(S(=O)(=O)O)ccc12. The summed E-state index contributed by atoms with van der Waals surface area (Å²) in [4.78, 5) is -0.171. The molecule has 0 aliphatic rings. The van der Waals surface area contributed by atoms with Gasteiger partial charge in [-0.05, 0) is 29.0 Å². The van der Waals surface area contributed by atoms with Crippen LogP contribution in [0.5, 0.6) is 0 Å². The summed E-state index contributed by atoms with van der Waals surface area (Å²) in [5, 5.41) is 10.1. The Morgan fingerprint density at radius 1 is 1.19 bits per heavy atom. The number of rotatable bonds is 1. The molecule has 0 radical (unpaired) electrons. The summed E-state index contributed by atoms with van der Waals surface area (Å²) < 4.78 is 30.7. The first kappa shape index (κ1) is 10.6. The number of hydrogen-bond acceptors (Lipinski definition) is 3. The quantitative estimate of drug-likeness (QED) is 0.763. The van der Waals surface area contributed by atoms with Crippen molar-refractivity contribution in [2.75, 3.05) is 0 Å². The highest BCUT2D eigenvalue weighted by Gasteiger charge is 2.10. The molecule has 0 bridgehead atoms. The van der Waals surface area contributed by atoms with Crippen LogP contribution in [0.3, 0.4) is 0 Å². The fourth-order valence-corrected chi connectivity index (χ4v) is 2.04. The van der Waals surface area contributed by atoms with E-state index in [-0.39, 0.29) is 4.90 Å². The molecular weight excluding hydrogens is 226 g/mol. The molecule has 5 heteroatoms. The maximum atomic E-state index is 10.9. The normalized spacial score (nSPS) is 11.2. The smallest absolute Gasteiger partial charge is 0.282 e. The Bertz CT molecular complexity index is 699. The number of fused-ring (bicyclic) bond motifs is 1. The summed E-state index contributed by atoms with van der Waals surface area (Å²) in [5.41, 5.74) is 0.472. The van der Waals surface area contributed by atoms with Gasteiger partial charge in [-0.3, -0.25) is 4.55 Å². The van der Waals surface area contributed by atoms with Crippen molar-refractivity contribution in [3.8, 4) is 6.07 Å². The third-order valence-corrected chi connectivity index (χ3v) is 3.12. The number of nitriles is 1. The highest BCUT2D eigenvalue weighted by Crippen LogP contribution is 2.21. The molecule has 0 unspecified atom stereocenters. The molecule has 0 fully saturated rings. The van der Waals surface area contributed by atoms with Crippen LogP contribution in [0.1, 0.15) is 5.56 Å². The predicted octanol–water partition coefficient (Wildman–Crippen LogP) is 1.96. The van der Waals surface area contributed by atoms with E-state index in [0.29, 0.717) is 16.3 Å². The first-order valence-electron chi connectivity index (χ1n) is 4.43. The van der Waals surface area contributed by atoms with Gasteiger partial charge in [-0.2, -0.15) is 13.7 Å². The predicted molar refractivity (Wildman–Crippen MR) is 58.5 cm³/mol. The van der Waals surface area contributed by atoms with Gasteiger partial charge in [0.25, 0.3) is 10.1 Å². The van der Waals surface area contributed by atoms with Crippen molar-refractivity contribution < 1.29 is 13.0 Å². The zero-order valence-corrected chi connectivity index (χ0v) is 8.90. The van der Waals surface area contributed by atoms with Gasteiger partial charge in [-0.25, -0.2) is 0 Å². The average Bonchev–Trinajstić information content (AvgIpc) is 2.26. The Labute approximate surface area is 92.5 Å². The third-order valence-electron chi connectivity index (χ3n) is 2.27. The Morgan fingerprint density at radius 3 is 2.56 bits per heavy atom. The first-order chi connectivity index (χ1) is 7.52. The van der Waals surface area contributed by atoms with Crippen LogP contribution in [-0.2, 0) is 10.1 Å². The second-order valence-corrected chi connectivity index (χ2v) is 4.70. The Kier molecular flexibility index (Phi) is 2.38. The molecule has 0 heterocycles. The van der Waals surface area contributed by atoms with Gasteiger partial charge < -0.3 is 0 Å². The van der Waals surface area contributed by atoms with Crippen LogP contribution in [0.15, 0.2) is 41.3 Å². The van der Waals surface area contributed by atoms with E-state index in [1.807, 2.05) is 6.07 Å². The van der Waals surface area contributed by atoms with Crippen molar-refractivity contribution in [2.45, 2.75) is 4.90 Å². The molecule has 0 aromatic heterocycles. The minimum Gasteiger partial charge on any atom is -0.282 e. The number of hydrogen-bond donors (Lipinski definition) is 1. The minimum absolute atomic E-state index is 0.171. The van der Waals surface area contributed by atoms with Crippen LogP contribution < -0.4 is 0 Å². The zero-order chi connectivity index (χ0) is 11.8. The standard InChI is InChI=1S/C11H7NO3S/c12-7-9-3-1-2-8-6-10(16(13,14)15)4-5-11(8)9/h1-6H,(H,13,14,15). The van der Waals surface area contributed by atoms with Gasteiger partial charge in [-0.1, -0.05) is 18.2 Å². The molecule has 2 aromatic rings. The fourth-order valence-electron chi connectivity index (χ4n) is 1.52. The van der Waals surface area contributed by atoms with Crippen molar-refractivity contribution in [1.82, 2.24) is 0 Å². The molecule has 0 saturated heterocycles.